The van der Waals surface area contributed by atoms with Crippen LogP contribution in [0.1, 0.15) is 0 Å². The van der Waals surface area contributed by atoms with Crippen molar-refractivity contribution in [3.63, 3.8) is 0 Å². The maximum atomic E-state index is 6.74. The molecule has 0 bridgehead atoms. The second kappa shape index (κ2) is 11.4. The zero-order chi connectivity index (χ0) is 35.3. The molecule has 12 rings (SSSR count). The van der Waals surface area contributed by atoms with E-state index in [1.807, 2.05) is 11.3 Å². The Bertz CT molecular complexity index is 3430. The van der Waals surface area contributed by atoms with Crippen molar-refractivity contribution in [3.05, 3.63) is 182 Å². The minimum absolute atomic E-state index is 0.921. The van der Waals surface area contributed by atoms with Crippen LogP contribution in [0.5, 0.6) is 0 Å². The van der Waals surface area contributed by atoms with Gasteiger partial charge >= 0.3 is 0 Å². The van der Waals surface area contributed by atoms with Gasteiger partial charge in [0.05, 0.1) is 4.70 Å². The van der Waals surface area contributed by atoms with Crippen molar-refractivity contribution < 1.29 is 4.42 Å². The Morgan fingerprint density at radius 2 is 0.870 bits per heavy atom. The van der Waals surface area contributed by atoms with E-state index in [4.69, 9.17) is 4.42 Å². The first kappa shape index (κ1) is 29.8. The van der Waals surface area contributed by atoms with Crippen LogP contribution in [0.3, 0.4) is 0 Å². The summed E-state index contributed by atoms with van der Waals surface area (Å²) >= 11 is 1.85. The average Bonchev–Trinajstić information content (AvgIpc) is 3.82. The van der Waals surface area contributed by atoms with Gasteiger partial charge in [-0.2, -0.15) is 0 Å². The van der Waals surface area contributed by atoms with Crippen molar-refractivity contribution in [1.29, 1.82) is 0 Å². The SMILES string of the molecule is c1ccc2cc(-c3c4ccccc4c(-c4ccc(-c5cc6c7ccc8ccccc8c7sc6c6oc7ccccc7c56)cc4)c4ccccc34)ccc2c1. The molecule has 0 saturated carbocycles. The van der Waals surface area contributed by atoms with Gasteiger partial charge in [0.25, 0.3) is 0 Å². The second-order valence-corrected chi connectivity index (χ2v) is 15.4. The Balaban J connectivity index is 1.09. The van der Waals surface area contributed by atoms with Crippen molar-refractivity contribution in [2.24, 2.45) is 0 Å². The van der Waals surface area contributed by atoms with Gasteiger partial charge in [-0.05, 0) is 94.7 Å². The molecule has 2 aromatic heterocycles. The van der Waals surface area contributed by atoms with Gasteiger partial charge in [-0.1, -0.05) is 164 Å². The molecular weight excluding hydrogens is 673 g/mol. The van der Waals surface area contributed by atoms with E-state index < -0.39 is 0 Å². The van der Waals surface area contributed by atoms with E-state index in [0.717, 1.165) is 16.6 Å². The van der Waals surface area contributed by atoms with Gasteiger partial charge in [-0.15, -0.1) is 11.3 Å². The Kier molecular flexibility index (Phi) is 6.28. The topological polar surface area (TPSA) is 13.1 Å². The normalized spacial score (nSPS) is 12.1. The predicted octanol–water partition coefficient (Wildman–Crippen LogP) is 15.6. The Morgan fingerprint density at radius 3 is 1.59 bits per heavy atom. The van der Waals surface area contributed by atoms with Crippen LogP contribution in [-0.2, 0) is 0 Å². The molecule has 0 spiro atoms. The molecule has 12 aromatic rings. The molecule has 0 fully saturated rings. The smallest absolute Gasteiger partial charge is 0.153 e. The van der Waals surface area contributed by atoms with Crippen LogP contribution in [0.15, 0.2) is 186 Å². The zero-order valence-electron chi connectivity index (χ0n) is 29.1. The first-order chi connectivity index (χ1) is 26.8. The van der Waals surface area contributed by atoms with Crippen molar-refractivity contribution in [3.8, 4) is 33.4 Å². The Labute approximate surface area is 314 Å². The number of fused-ring (bicyclic) bond motifs is 12. The lowest BCUT2D eigenvalue weighted by atomic mass is 9.85. The van der Waals surface area contributed by atoms with E-state index in [2.05, 4.69) is 182 Å². The molecule has 0 aliphatic heterocycles. The molecule has 0 atom stereocenters. The van der Waals surface area contributed by atoms with Gasteiger partial charge in [-0.3, -0.25) is 0 Å². The molecule has 0 aliphatic rings. The van der Waals surface area contributed by atoms with E-state index in [1.165, 1.54) is 102 Å². The number of benzene rings is 10. The highest BCUT2D eigenvalue weighted by atomic mass is 32.1. The summed E-state index contributed by atoms with van der Waals surface area (Å²) in [4.78, 5) is 0. The first-order valence-electron chi connectivity index (χ1n) is 18.5. The highest BCUT2D eigenvalue weighted by Crippen LogP contribution is 2.49. The maximum absolute atomic E-state index is 6.74. The third-order valence-electron chi connectivity index (χ3n) is 11.4. The molecule has 2 heterocycles. The Hall–Kier alpha value is -6.74. The molecular formula is C52H30OS. The molecule has 0 unspecified atom stereocenters. The maximum Gasteiger partial charge on any atom is 0.153 e. The van der Waals surface area contributed by atoms with E-state index in [0.29, 0.717) is 0 Å². The number of rotatable bonds is 3. The molecule has 0 N–H and O–H groups in total. The highest BCUT2D eigenvalue weighted by molar-refractivity contribution is 7.27. The minimum atomic E-state index is 0.921. The monoisotopic (exact) mass is 702 g/mol. The molecule has 54 heavy (non-hydrogen) atoms. The highest BCUT2D eigenvalue weighted by Gasteiger charge is 2.21. The summed E-state index contributed by atoms with van der Waals surface area (Å²) < 4.78 is 9.26. The lowest BCUT2D eigenvalue weighted by molar-refractivity contribution is 0.673. The number of thiophene rings is 1. The van der Waals surface area contributed by atoms with Gasteiger partial charge in [-0.25, -0.2) is 0 Å². The van der Waals surface area contributed by atoms with Crippen LogP contribution in [-0.4, -0.2) is 0 Å². The largest absolute Gasteiger partial charge is 0.455 e. The molecule has 10 aromatic carbocycles. The molecule has 0 aliphatic carbocycles. The standard InChI is InChI=1S/C52H30OS/c1-2-13-35-29-36(26-21-31(35)11-1)48-40-17-7-5-15-38(40)47(39-16-6-8-18-41(39)48)34-24-22-33(23-25-34)44-30-45-42-28-27-32-12-3-4-14-37(32)51(42)54-52(45)50-49(44)43-19-9-10-20-46(43)53-50/h1-30H. The minimum Gasteiger partial charge on any atom is -0.455 e. The quantitative estimate of drug-likeness (QED) is 0.167. The van der Waals surface area contributed by atoms with Gasteiger partial charge in [0, 0.05) is 26.2 Å². The fraction of sp³-hybridized carbons (Fsp3) is 0. The average molecular weight is 703 g/mol. The number of furan rings is 1. The van der Waals surface area contributed by atoms with E-state index >= 15 is 0 Å². The molecule has 0 saturated heterocycles. The zero-order valence-corrected chi connectivity index (χ0v) is 30.0. The number of para-hydroxylation sites is 1. The summed E-state index contributed by atoms with van der Waals surface area (Å²) in [6.07, 6.45) is 0. The van der Waals surface area contributed by atoms with Crippen molar-refractivity contribution in [1.82, 2.24) is 0 Å². The molecule has 250 valence electrons. The summed E-state index contributed by atoms with van der Waals surface area (Å²) in [5, 5.41) is 15.0. The number of hydrogen-bond acceptors (Lipinski definition) is 2. The molecule has 0 radical (unpaired) electrons. The van der Waals surface area contributed by atoms with Crippen LogP contribution in [0.2, 0.25) is 0 Å². The third kappa shape index (κ3) is 4.26. The number of hydrogen-bond donors (Lipinski definition) is 0. The van der Waals surface area contributed by atoms with Gasteiger partial charge < -0.3 is 4.42 Å². The van der Waals surface area contributed by atoms with Crippen LogP contribution in [0.4, 0.5) is 0 Å². The predicted molar refractivity (Wildman–Crippen MR) is 233 cm³/mol. The molecule has 0 amide bonds. The van der Waals surface area contributed by atoms with Gasteiger partial charge in [0.1, 0.15) is 5.58 Å². The van der Waals surface area contributed by atoms with Crippen LogP contribution < -0.4 is 0 Å². The van der Waals surface area contributed by atoms with Crippen LogP contribution >= 0.6 is 11.3 Å². The second-order valence-electron chi connectivity index (χ2n) is 14.3. The summed E-state index contributed by atoms with van der Waals surface area (Å²) in [7, 11) is 0. The van der Waals surface area contributed by atoms with Crippen molar-refractivity contribution >= 4 is 96.5 Å². The van der Waals surface area contributed by atoms with E-state index in [9.17, 15) is 0 Å². The van der Waals surface area contributed by atoms with Crippen molar-refractivity contribution in [2.75, 3.05) is 0 Å². The Morgan fingerprint density at radius 1 is 0.333 bits per heavy atom. The van der Waals surface area contributed by atoms with Crippen LogP contribution in [0, 0.1) is 0 Å². The lowest BCUT2D eigenvalue weighted by Gasteiger charge is -2.18. The van der Waals surface area contributed by atoms with E-state index in [1.54, 1.807) is 0 Å². The fourth-order valence-electron chi connectivity index (χ4n) is 8.99. The van der Waals surface area contributed by atoms with Gasteiger partial charge in [0.15, 0.2) is 5.58 Å². The third-order valence-corrected chi connectivity index (χ3v) is 12.7. The summed E-state index contributed by atoms with van der Waals surface area (Å²) in [6.45, 7) is 0. The summed E-state index contributed by atoms with van der Waals surface area (Å²) in [5.41, 5.74) is 9.26. The van der Waals surface area contributed by atoms with E-state index in [-0.39, 0.29) is 0 Å². The molecule has 2 heteroatoms. The lowest BCUT2D eigenvalue weighted by Crippen LogP contribution is -1.91. The first-order valence-corrected chi connectivity index (χ1v) is 19.3. The van der Waals surface area contributed by atoms with Crippen LogP contribution in [0.25, 0.3) is 119 Å². The fourth-order valence-corrected chi connectivity index (χ4v) is 10.3. The summed E-state index contributed by atoms with van der Waals surface area (Å²) in [5.74, 6) is 0. The summed E-state index contributed by atoms with van der Waals surface area (Å²) in [6, 6.07) is 66.7. The van der Waals surface area contributed by atoms with Crippen molar-refractivity contribution in [2.45, 2.75) is 0 Å². The molecule has 1 nitrogen and oxygen atoms in total. The van der Waals surface area contributed by atoms with Gasteiger partial charge in [0.2, 0.25) is 0 Å².